The first-order valence-corrected chi connectivity index (χ1v) is 10.8. The topological polar surface area (TPSA) is 73.8 Å². The van der Waals surface area contributed by atoms with Crippen molar-refractivity contribution in [2.45, 2.75) is 31.7 Å². The van der Waals surface area contributed by atoms with E-state index < -0.39 is 0 Å². The maximum absolute atomic E-state index is 10.5. The van der Waals surface area contributed by atoms with E-state index in [9.17, 15) is 5.11 Å². The maximum Gasteiger partial charge on any atom is 0.191 e. The highest BCUT2D eigenvalue weighted by Gasteiger charge is 2.21. The van der Waals surface area contributed by atoms with Crippen molar-refractivity contribution in [2.24, 2.45) is 5.92 Å². The van der Waals surface area contributed by atoms with Crippen LogP contribution in [0.1, 0.15) is 13.8 Å². The van der Waals surface area contributed by atoms with Crippen LogP contribution in [0.2, 0.25) is 0 Å². The van der Waals surface area contributed by atoms with E-state index in [4.69, 9.17) is 9.47 Å². The minimum absolute atomic E-state index is 0.369. The minimum atomic E-state index is -0.369. The third-order valence-corrected chi connectivity index (χ3v) is 5.85. The number of nitrogens with one attached hydrogen (secondary N) is 1. The molecule has 28 heavy (non-hydrogen) atoms. The molecule has 1 atom stereocenters. The predicted molar refractivity (Wildman–Crippen MR) is 110 cm³/mol. The second-order valence-electron chi connectivity index (χ2n) is 7.57. The van der Waals surface area contributed by atoms with Crippen LogP contribution in [0.15, 0.2) is 29.4 Å². The number of methoxy groups -OCH3 is 1. The molecular formula is C20H31N4O3S+. The fraction of sp³-hybridized carbons (Fsp3) is 0.600. The summed E-state index contributed by atoms with van der Waals surface area (Å²) in [4.78, 5) is 1.40. The third-order valence-electron chi connectivity index (χ3n) is 4.74. The average molecular weight is 408 g/mol. The standard InChI is InChI=1S/C20H30N4O3S/c1-15(2)12-24-19(16-4-6-18(26-3)7-5-16)21-22-20(24)28-14-17(25)13-23-8-10-27-11-9-23/h4-7,15,17,25H,8-14H2,1-3H3/p+1/t17-/m0/s1. The largest absolute Gasteiger partial charge is 0.497 e. The molecule has 3 rings (SSSR count). The van der Waals surface area contributed by atoms with Crippen molar-refractivity contribution in [3.8, 4) is 17.1 Å². The van der Waals surface area contributed by atoms with Crippen molar-refractivity contribution in [1.82, 2.24) is 14.8 Å². The summed E-state index contributed by atoms with van der Waals surface area (Å²) in [6, 6.07) is 7.88. The van der Waals surface area contributed by atoms with E-state index in [1.807, 2.05) is 24.3 Å². The maximum atomic E-state index is 10.5. The molecule has 1 aromatic carbocycles. The molecule has 0 saturated carbocycles. The zero-order chi connectivity index (χ0) is 19.9. The van der Waals surface area contributed by atoms with Crippen LogP contribution in [0.3, 0.4) is 0 Å². The van der Waals surface area contributed by atoms with Gasteiger partial charge in [0.05, 0.1) is 20.3 Å². The van der Waals surface area contributed by atoms with Crippen LogP contribution in [0.4, 0.5) is 0 Å². The SMILES string of the molecule is COc1ccc(-c2nnc(SC[C@@H](O)C[NH+]3CCOCC3)n2CC(C)C)cc1. The molecule has 7 nitrogen and oxygen atoms in total. The molecule has 0 radical (unpaired) electrons. The molecule has 0 bridgehead atoms. The number of aliphatic hydroxyl groups is 1. The fourth-order valence-electron chi connectivity index (χ4n) is 3.31. The number of quaternary nitrogens is 1. The molecule has 0 amide bonds. The van der Waals surface area contributed by atoms with Crippen LogP contribution in [0.5, 0.6) is 5.75 Å². The molecular weight excluding hydrogens is 376 g/mol. The Hall–Kier alpha value is -1.61. The Balaban J connectivity index is 1.68. The van der Waals surface area contributed by atoms with Gasteiger partial charge in [-0.15, -0.1) is 10.2 Å². The summed E-state index contributed by atoms with van der Waals surface area (Å²) in [5.41, 5.74) is 1.01. The smallest absolute Gasteiger partial charge is 0.191 e. The summed E-state index contributed by atoms with van der Waals surface area (Å²) < 4.78 is 12.8. The number of thioether (sulfide) groups is 1. The normalized spacial score (nSPS) is 16.5. The van der Waals surface area contributed by atoms with Gasteiger partial charge in [0, 0.05) is 17.9 Å². The van der Waals surface area contributed by atoms with Crippen molar-refractivity contribution < 1.29 is 19.5 Å². The zero-order valence-corrected chi connectivity index (χ0v) is 17.7. The van der Waals surface area contributed by atoms with Crippen LogP contribution in [-0.4, -0.2) is 71.7 Å². The summed E-state index contributed by atoms with van der Waals surface area (Å²) in [5, 5.41) is 20.2. The number of hydrogen-bond acceptors (Lipinski definition) is 6. The molecule has 154 valence electrons. The lowest BCUT2D eigenvalue weighted by molar-refractivity contribution is -0.910. The van der Waals surface area contributed by atoms with E-state index in [1.165, 1.54) is 4.90 Å². The van der Waals surface area contributed by atoms with E-state index in [0.29, 0.717) is 11.7 Å². The fourth-order valence-corrected chi connectivity index (χ4v) is 4.18. The molecule has 1 saturated heterocycles. The van der Waals surface area contributed by atoms with E-state index >= 15 is 0 Å². The molecule has 0 aliphatic carbocycles. The highest BCUT2D eigenvalue weighted by atomic mass is 32.2. The number of ether oxygens (including phenoxy) is 2. The lowest BCUT2D eigenvalue weighted by Crippen LogP contribution is -3.15. The summed E-state index contributed by atoms with van der Waals surface area (Å²) >= 11 is 1.58. The van der Waals surface area contributed by atoms with Gasteiger partial charge >= 0.3 is 0 Å². The van der Waals surface area contributed by atoms with Gasteiger partial charge in [-0.2, -0.15) is 0 Å². The Labute approximate surface area is 171 Å². The van der Waals surface area contributed by atoms with Crippen molar-refractivity contribution in [3.05, 3.63) is 24.3 Å². The summed E-state index contributed by atoms with van der Waals surface area (Å²) in [7, 11) is 1.66. The van der Waals surface area contributed by atoms with Gasteiger partial charge in [0.1, 0.15) is 31.5 Å². The first kappa shape index (κ1) is 21.1. The lowest BCUT2D eigenvalue weighted by Gasteiger charge is -2.25. The second kappa shape index (κ2) is 10.2. The third kappa shape index (κ3) is 5.70. The zero-order valence-electron chi connectivity index (χ0n) is 16.9. The molecule has 1 fully saturated rings. The average Bonchev–Trinajstić information content (AvgIpc) is 3.09. The molecule has 1 aromatic heterocycles. The highest BCUT2D eigenvalue weighted by Crippen LogP contribution is 2.26. The molecule has 1 aliphatic rings. The van der Waals surface area contributed by atoms with E-state index in [1.54, 1.807) is 18.9 Å². The number of nitrogens with zero attached hydrogens (tertiary/aromatic N) is 3. The van der Waals surface area contributed by atoms with Crippen molar-refractivity contribution in [1.29, 1.82) is 0 Å². The van der Waals surface area contributed by atoms with Gasteiger partial charge in [0.25, 0.3) is 0 Å². The number of rotatable bonds is 9. The number of morpholine rings is 1. The Morgan fingerprint density at radius 2 is 1.93 bits per heavy atom. The van der Waals surface area contributed by atoms with Crippen molar-refractivity contribution in [2.75, 3.05) is 45.7 Å². The van der Waals surface area contributed by atoms with Crippen molar-refractivity contribution >= 4 is 11.8 Å². The van der Waals surface area contributed by atoms with Gasteiger partial charge in [0.15, 0.2) is 11.0 Å². The van der Waals surface area contributed by atoms with E-state index in [-0.39, 0.29) is 6.10 Å². The number of aliphatic hydroxyl groups excluding tert-OH is 1. The molecule has 2 heterocycles. The molecule has 2 aromatic rings. The Kier molecular flexibility index (Phi) is 7.73. The monoisotopic (exact) mass is 407 g/mol. The summed E-state index contributed by atoms with van der Waals surface area (Å²) in [5.74, 6) is 2.76. The first-order valence-electron chi connectivity index (χ1n) is 9.86. The van der Waals surface area contributed by atoms with Gasteiger partial charge in [-0.3, -0.25) is 0 Å². The highest BCUT2D eigenvalue weighted by molar-refractivity contribution is 7.99. The molecule has 0 unspecified atom stereocenters. The molecule has 1 aliphatic heterocycles. The van der Waals surface area contributed by atoms with Crippen LogP contribution in [0.25, 0.3) is 11.4 Å². The van der Waals surface area contributed by atoms with Gasteiger partial charge in [-0.1, -0.05) is 25.6 Å². The van der Waals surface area contributed by atoms with E-state index in [0.717, 1.165) is 61.7 Å². The Morgan fingerprint density at radius 1 is 1.21 bits per heavy atom. The predicted octanol–water partition coefficient (Wildman–Crippen LogP) is 0.978. The number of aromatic nitrogens is 3. The van der Waals surface area contributed by atoms with E-state index in [2.05, 4.69) is 28.6 Å². The van der Waals surface area contributed by atoms with Crippen LogP contribution in [0, 0.1) is 5.92 Å². The molecule has 2 N–H and O–H groups in total. The summed E-state index contributed by atoms with van der Waals surface area (Å²) in [6.07, 6.45) is -0.369. The van der Waals surface area contributed by atoms with Crippen LogP contribution >= 0.6 is 11.8 Å². The van der Waals surface area contributed by atoms with Gasteiger partial charge in [0.2, 0.25) is 0 Å². The van der Waals surface area contributed by atoms with Crippen LogP contribution in [-0.2, 0) is 11.3 Å². The number of benzene rings is 1. The van der Waals surface area contributed by atoms with Gasteiger partial charge in [-0.05, 0) is 30.2 Å². The lowest BCUT2D eigenvalue weighted by atomic mass is 10.2. The summed E-state index contributed by atoms with van der Waals surface area (Å²) in [6.45, 7) is 9.44. The second-order valence-corrected chi connectivity index (χ2v) is 8.56. The Morgan fingerprint density at radius 3 is 2.57 bits per heavy atom. The van der Waals surface area contributed by atoms with Crippen molar-refractivity contribution in [3.63, 3.8) is 0 Å². The Bertz CT molecular complexity index is 730. The minimum Gasteiger partial charge on any atom is -0.497 e. The van der Waals surface area contributed by atoms with Gasteiger partial charge < -0.3 is 24.0 Å². The quantitative estimate of drug-likeness (QED) is 0.604. The van der Waals surface area contributed by atoms with Gasteiger partial charge in [-0.25, -0.2) is 0 Å². The van der Waals surface area contributed by atoms with Crippen LogP contribution < -0.4 is 9.64 Å². The first-order chi connectivity index (χ1) is 13.6. The number of hydrogen-bond donors (Lipinski definition) is 2. The molecule has 8 heteroatoms. The molecule has 0 spiro atoms.